The predicted molar refractivity (Wildman–Crippen MR) is 67.3 cm³/mol. The third-order valence-electron chi connectivity index (χ3n) is 2.35. The van der Waals surface area contributed by atoms with E-state index in [2.05, 4.69) is 9.98 Å². The lowest BCUT2D eigenvalue weighted by Crippen LogP contribution is -2.25. The van der Waals surface area contributed by atoms with Crippen LogP contribution in [0.3, 0.4) is 0 Å². The van der Waals surface area contributed by atoms with E-state index in [0.29, 0.717) is 12.0 Å². The fraction of sp³-hybridized carbons (Fsp3) is 0.0833. The van der Waals surface area contributed by atoms with Crippen molar-refractivity contribution in [3.63, 3.8) is 0 Å². The van der Waals surface area contributed by atoms with Crippen LogP contribution in [0.15, 0.2) is 57.7 Å². The molecule has 17 heavy (non-hydrogen) atoms. The monoisotopic (exact) mass is 228 g/mol. The maximum absolute atomic E-state index is 11.6. The molecular weight excluding hydrogens is 216 g/mol. The van der Waals surface area contributed by atoms with Gasteiger partial charge >= 0.3 is 0 Å². The molecule has 2 rings (SSSR count). The molecule has 1 aliphatic heterocycles. The Morgan fingerprint density at radius 1 is 1.29 bits per heavy atom. The fourth-order valence-corrected chi connectivity index (χ4v) is 1.57. The highest BCUT2D eigenvalue weighted by Gasteiger charge is 2.17. The summed E-state index contributed by atoms with van der Waals surface area (Å²) < 4.78 is 0. The summed E-state index contributed by atoms with van der Waals surface area (Å²) in [5.74, 6) is -0.675. The van der Waals surface area contributed by atoms with Crippen LogP contribution >= 0.6 is 0 Å². The van der Waals surface area contributed by atoms with Gasteiger partial charge in [0.05, 0.1) is 5.71 Å². The van der Waals surface area contributed by atoms with Gasteiger partial charge in [0.1, 0.15) is 0 Å². The maximum Gasteiger partial charge on any atom is 0.277 e. The molecule has 2 aliphatic rings. The molecule has 0 fully saturated rings. The van der Waals surface area contributed by atoms with Gasteiger partial charge in [0.2, 0.25) is 0 Å². The van der Waals surface area contributed by atoms with Crippen LogP contribution in [0.1, 0.15) is 6.42 Å². The first-order valence-electron chi connectivity index (χ1n) is 5.12. The standard InChI is InChI=1S/C12H12N4O/c13-12(14)16-11(17)9-6-8-4-2-1-3-5-10(8)15-7-9/h1-5,7H,6H2,(H4,13,14,16,17). The second kappa shape index (κ2) is 4.61. The Labute approximate surface area is 98.6 Å². The van der Waals surface area contributed by atoms with E-state index in [1.54, 1.807) is 0 Å². The summed E-state index contributed by atoms with van der Waals surface area (Å²) in [7, 11) is 0. The number of carbonyl (C=O) groups excluding carboxylic acids is 1. The van der Waals surface area contributed by atoms with Crippen molar-refractivity contribution in [3.05, 3.63) is 47.7 Å². The number of fused-ring (bicyclic) bond motifs is 1. The first-order valence-corrected chi connectivity index (χ1v) is 5.12. The quantitative estimate of drug-likeness (QED) is 0.507. The Morgan fingerprint density at radius 2 is 2.12 bits per heavy atom. The number of amides is 1. The van der Waals surface area contributed by atoms with Crippen LogP contribution in [0.25, 0.3) is 0 Å². The van der Waals surface area contributed by atoms with E-state index in [9.17, 15) is 4.79 Å². The van der Waals surface area contributed by atoms with Gasteiger partial charge in [-0.25, -0.2) is 0 Å². The van der Waals surface area contributed by atoms with Crippen LogP contribution in [-0.2, 0) is 4.79 Å². The Morgan fingerprint density at radius 3 is 2.88 bits per heavy atom. The van der Waals surface area contributed by atoms with E-state index in [-0.39, 0.29) is 5.96 Å². The number of aliphatic imine (C=N–C) groups is 2. The van der Waals surface area contributed by atoms with Crippen molar-refractivity contribution >= 4 is 17.6 Å². The minimum absolute atomic E-state index is 0.236. The molecule has 0 saturated carbocycles. The van der Waals surface area contributed by atoms with Crippen LogP contribution < -0.4 is 11.5 Å². The zero-order valence-electron chi connectivity index (χ0n) is 9.13. The largest absolute Gasteiger partial charge is 0.370 e. The molecule has 5 nitrogen and oxygen atoms in total. The molecule has 0 aromatic heterocycles. The van der Waals surface area contributed by atoms with Gasteiger partial charge in [-0.3, -0.25) is 9.79 Å². The number of hydrogen-bond donors (Lipinski definition) is 2. The average molecular weight is 228 g/mol. The van der Waals surface area contributed by atoms with Gasteiger partial charge in [-0.15, -0.1) is 0 Å². The fourth-order valence-electron chi connectivity index (χ4n) is 1.57. The van der Waals surface area contributed by atoms with Crippen molar-refractivity contribution in [2.75, 3.05) is 0 Å². The average Bonchev–Trinajstić information content (AvgIpc) is 2.51. The Hall–Kier alpha value is -2.43. The molecule has 0 saturated heterocycles. The SMILES string of the molecule is NC(N)=NC(=O)C1=CN=C2C=CC=CC=C2C1. The molecule has 0 aromatic carbocycles. The second-order valence-corrected chi connectivity index (χ2v) is 3.62. The van der Waals surface area contributed by atoms with E-state index >= 15 is 0 Å². The molecule has 0 spiro atoms. The molecule has 1 aliphatic carbocycles. The summed E-state index contributed by atoms with van der Waals surface area (Å²) in [6.07, 6.45) is 11.5. The van der Waals surface area contributed by atoms with Crippen molar-refractivity contribution in [2.45, 2.75) is 6.42 Å². The van der Waals surface area contributed by atoms with Crippen molar-refractivity contribution in [1.82, 2.24) is 0 Å². The topological polar surface area (TPSA) is 93.8 Å². The first-order chi connectivity index (χ1) is 8.16. The van der Waals surface area contributed by atoms with Crippen molar-refractivity contribution < 1.29 is 4.79 Å². The predicted octanol–water partition coefficient (Wildman–Crippen LogP) is 0.567. The molecular formula is C12H12N4O. The van der Waals surface area contributed by atoms with Gasteiger partial charge in [0.15, 0.2) is 5.96 Å². The normalized spacial score (nSPS) is 17.3. The number of hydrogen-bond acceptors (Lipinski definition) is 2. The molecule has 1 heterocycles. The number of rotatable bonds is 1. The third kappa shape index (κ3) is 2.57. The summed E-state index contributed by atoms with van der Waals surface area (Å²) in [4.78, 5) is 19.3. The number of carbonyl (C=O) groups is 1. The van der Waals surface area contributed by atoms with Crippen LogP contribution in [0, 0.1) is 0 Å². The molecule has 4 N–H and O–H groups in total. The summed E-state index contributed by atoms with van der Waals surface area (Å²) in [6.45, 7) is 0. The molecule has 0 aromatic rings. The van der Waals surface area contributed by atoms with Crippen LogP contribution in [0.4, 0.5) is 0 Å². The molecule has 5 heteroatoms. The molecule has 86 valence electrons. The highest BCUT2D eigenvalue weighted by Crippen LogP contribution is 2.21. The first kappa shape index (κ1) is 11.1. The lowest BCUT2D eigenvalue weighted by molar-refractivity contribution is -0.114. The van der Waals surface area contributed by atoms with Crippen molar-refractivity contribution in [1.29, 1.82) is 0 Å². The number of guanidine groups is 1. The zero-order valence-corrected chi connectivity index (χ0v) is 9.13. The van der Waals surface area contributed by atoms with E-state index in [1.165, 1.54) is 6.20 Å². The van der Waals surface area contributed by atoms with Gasteiger partial charge in [-0.1, -0.05) is 24.3 Å². The molecule has 0 radical (unpaired) electrons. The minimum Gasteiger partial charge on any atom is -0.370 e. The third-order valence-corrected chi connectivity index (χ3v) is 2.35. The zero-order chi connectivity index (χ0) is 12.3. The second-order valence-electron chi connectivity index (χ2n) is 3.62. The number of nitrogens with zero attached hydrogens (tertiary/aromatic N) is 2. The van der Waals surface area contributed by atoms with Crippen LogP contribution in [0.2, 0.25) is 0 Å². The minimum atomic E-state index is -0.439. The van der Waals surface area contributed by atoms with E-state index in [4.69, 9.17) is 11.5 Å². The Balaban J connectivity index is 2.28. The molecule has 0 atom stereocenters. The number of nitrogens with two attached hydrogens (primary N) is 2. The van der Waals surface area contributed by atoms with E-state index in [1.807, 2.05) is 30.4 Å². The van der Waals surface area contributed by atoms with Gasteiger partial charge in [0.25, 0.3) is 5.91 Å². The summed E-state index contributed by atoms with van der Waals surface area (Å²) >= 11 is 0. The smallest absolute Gasteiger partial charge is 0.277 e. The number of allylic oxidation sites excluding steroid dienone is 6. The van der Waals surface area contributed by atoms with Gasteiger partial charge in [0, 0.05) is 18.2 Å². The summed E-state index contributed by atoms with van der Waals surface area (Å²) in [6, 6.07) is 0. The summed E-state index contributed by atoms with van der Waals surface area (Å²) in [5.41, 5.74) is 12.6. The van der Waals surface area contributed by atoms with Crippen molar-refractivity contribution in [2.24, 2.45) is 21.5 Å². The van der Waals surface area contributed by atoms with Gasteiger partial charge in [-0.2, -0.15) is 4.99 Å². The molecule has 1 amide bonds. The lowest BCUT2D eigenvalue weighted by atomic mass is 9.98. The Bertz CT molecular complexity index is 529. The maximum atomic E-state index is 11.6. The van der Waals surface area contributed by atoms with Crippen molar-refractivity contribution in [3.8, 4) is 0 Å². The van der Waals surface area contributed by atoms with Crippen LogP contribution in [-0.4, -0.2) is 17.6 Å². The van der Waals surface area contributed by atoms with E-state index in [0.717, 1.165) is 11.3 Å². The molecule has 0 bridgehead atoms. The molecule has 0 unspecified atom stereocenters. The van der Waals surface area contributed by atoms with Gasteiger partial charge < -0.3 is 11.5 Å². The highest BCUT2D eigenvalue weighted by molar-refractivity contribution is 6.13. The lowest BCUT2D eigenvalue weighted by Gasteiger charge is -2.12. The van der Waals surface area contributed by atoms with Crippen LogP contribution in [0.5, 0.6) is 0 Å². The Kier molecular flexibility index (Phi) is 3.00. The van der Waals surface area contributed by atoms with E-state index < -0.39 is 5.91 Å². The summed E-state index contributed by atoms with van der Waals surface area (Å²) in [5, 5.41) is 0. The van der Waals surface area contributed by atoms with Gasteiger partial charge in [-0.05, 0) is 11.6 Å². The highest BCUT2D eigenvalue weighted by atomic mass is 16.1.